The van der Waals surface area contributed by atoms with Gasteiger partial charge in [0.05, 0.1) is 18.1 Å². The molecule has 1 aliphatic heterocycles. The number of morpholine rings is 1. The smallest absolute Gasteiger partial charge is 0.243 e. The van der Waals surface area contributed by atoms with Gasteiger partial charge in [-0.05, 0) is 30.5 Å². The summed E-state index contributed by atoms with van der Waals surface area (Å²) in [7, 11) is -3.45. The van der Waals surface area contributed by atoms with Gasteiger partial charge in [-0.15, -0.1) is 0 Å². The number of benzene rings is 1. The van der Waals surface area contributed by atoms with Crippen LogP contribution in [0.2, 0.25) is 0 Å². The van der Waals surface area contributed by atoms with E-state index >= 15 is 0 Å². The number of amides is 1. The van der Waals surface area contributed by atoms with Gasteiger partial charge in [-0.1, -0.05) is 12.1 Å². The van der Waals surface area contributed by atoms with Gasteiger partial charge in [0.25, 0.3) is 0 Å². The number of hydrogen-bond donors (Lipinski definition) is 1. The van der Waals surface area contributed by atoms with E-state index in [1.807, 2.05) is 0 Å². The summed E-state index contributed by atoms with van der Waals surface area (Å²) in [6.45, 7) is 2.09. The van der Waals surface area contributed by atoms with Crippen molar-refractivity contribution >= 4 is 15.9 Å². The first-order valence-electron chi connectivity index (χ1n) is 7.52. The summed E-state index contributed by atoms with van der Waals surface area (Å²) >= 11 is 0. The van der Waals surface area contributed by atoms with Crippen LogP contribution in [-0.2, 0) is 26.1 Å². The molecular weight excluding hydrogens is 304 g/mol. The molecule has 1 N–H and O–H groups in total. The molecule has 7 heteroatoms. The number of nitrogens with one attached hydrogen (secondary N) is 1. The Balaban J connectivity index is 1.63. The second-order valence-corrected chi connectivity index (χ2v) is 7.59. The lowest BCUT2D eigenvalue weighted by atomic mass is 10.2. The molecule has 2 aliphatic rings. The SMILES string of the molecule is O=C(NCc1ccc(S(=O)(=O)N2CCOCC2)cc1)C1CC1. The molecule has 1 aliphatic carbocycles. The van der Waals surface area contributed by atoms with Gasteiger partial charge in [-0.2, -0.15) is 4.31 Å². The third kappa shape index (κ3) is 3.48. The molecule has 0 unspecified atom stereocenters. The van der Waals surface area contributed by atoms with Crippen molar-refractivity contribution in [2.45, 2.75) is 24.3 Å². The van der Waals surface area contributed by atoms with Crippen molar-refractivity contribution in [1.29, 1.82) is 0 Å². The molecule has 3 rings (SSSR count). The van der Waals surface area contributed by atoms with Gasteiger partial charge < -0.3 is 10.1 Å². The molecule has 1 aromatic carbocycles. The Labute approximate surface area is 130 Å². The standard InChI is InChI=1S/C15H20N2O4S/c18-15(13-3-4-13)16-11-12-1-5-14(6-2-12)22(19,20)17-7-9-21-10-8-17/h1-2,5-6,13H,3-4,7-11H2,(H,16,18). The summed E-state index contributed by atoms with van der Waals surface area (Å²) in [5.41, 5.74) is 0.898. The van der Waals surface area contributed by atoms with Crippen molar-refractivity contribution in [2.75, 3.05) is 26.3 Å². The highest BCUT2D eigenvalue weighted by atomic mass is 32.2. The van der Waals surface area contributed by atoms with E-state index in [1.165, 1.54) is 4.31 Å². The maximum absolute atomic E-state index is 12.5. The second-order valence-electron chi connectivity index (χ2n) is 5.65. The largest absolute Gasteiger partial charge is 0.379 e. The van der Waals surface area contributed by atoms with E-state index in [4.69, 9.17) is 4.74 Å². The molecular formula is C15H20N2O4S. The molecule has 22 heavy (non-hydrogen) atoms. The third-order valence-electron chi connectivity index (χ3n) is 3.95. The zero-order chi connectivity index (χ0) is 15.6. The predicted octanol–water partition coefficient (Wildman–Crippen LogP) is 0.734. The van der Waals surface area contributed by atoms with Gasteiger partial charge in [0, 0.05) is 25.6 Å². The van der Waals surface area contributed by atoms with Crippen molar-refractivity contribution in [2.24, 2.45) is 5.92 Å². The topological polar surface area (TPSA) is 75.7 Å². The van der Waals surface area contributed by atoms with Crippen LogP contribution in [0.3, 0.4) is 0 Å². The van der Waals surface area contributed by atoms with Crippen LogP contribution in [0.4, 0.5) is 0 Å². The number of hydrogen-bond acceptors (Lipinski definition) is 4. The Morgan fingerprint density at radius 1 is 1.18 bits per heavy atom. The lowest BCUT2D eigenvalue weighted by Gasteiger charge is -2.26. The van der Waals surface area contributed by atoms with E-state index in [9.17, 15) is 13.2 Å². The molecule has 1 heterocycles. The first-order chi connectivity index (χ1) is 10.6. The van der Waals surface area contributed by atoms with Crippen LogP contribution in [0.25, 0.3) is 0 Å². The van der Waals surface area contributed by atoms with Gasteiger partial charge in [0.2, 0.25) is 15.9 Å². The molecule has 2 fully saturated rings. The van der Waals surface area contributed by atoms with E-state index in [2.05, 4.69) is 5.32 Å². The molecule has 1 aromatic rings. The maximum atomic E-state index is 12.5. The highest BCUT2D eigenvalue weighted by molar-refractivity contribution is 7.89. The zero-order valence-electron chi connectivity index (χ0n) is 12.3. The number of nitrogens with zero attached hydrogens (tertiary/aromatic N) is 1. The normalized spacial score (nSPS) is 19.8. The first-order valence-corrected chi connectivity index (χ1v) is 8.96. The Bertz CT molecular complexity index is 632. The van der Waals surface area contributed by atoms with E-state index in [-0.39, 0.29) is 16.7 Å². The average Bonchev–Trinajstić information content (AvgIpc) is 3.39. The fourth-order valence-electron chi connectivity index (χ4n) is 2.39. The Kier molecular flexibility index (Phi) is 4.46. The summed E-state index contributed by atoms with van der Waals surface area (Å²) in [4.78, 5) is 11.9. The summed E-state index contributed by atoms with van der Waals surface area (Å²) < 4.78 is 31.6. The fraction of sp³-hybridized carbons (Fsp3) is 0.533. The van der Waals surface area contributed by atoms with Crippen molar-refractivity contribution in [3.8, 4) is 0 Å². The molecule has 0 atom stereocenters. The van der Waals surface area contributed by atoms with Crippen molar-refractivity contribution in [1.82, 2.24) is 9.62 Å². The monoisotopic (exact) mass is 324 g/mol. The number of rotatable bonds is 5. The molecule has 120 valence electrons. The lowest BCUT2D eigenvalue weighted by Crippen LogP contribution is -2.40. The van der Waals surface area contributed by atoms with Crippen molar-refractivity contribution in [3.63, 3.8) is 0 Å². The van der Waals surface area contributed by atoms with E-state index in [1.54, 1.807) is 24.3 Å². The molecule has 0 radical (unpaired) electrons. The zero-order valence-corrected chi connectivity index (χ0v) is 13.1. The average molecular weight is 324 g/mol. The van der Waals surface area contributed by atoms with Crippen molar-refractivity contribution < 1.29 is 17.9 Å². The quantitative estimate of drug-likeness (QED) is 0.866. The van der Waals surface area contributed by atoms with Gasteiger partial charge in [0.1, 0.15) is 0 Å². The summed E-state index contributed by atoms with van der Waals surface area (Å²) in [6.07, 6.45) is 1.95. The second kappa shape index (κ2) is 6.36. The van der Waals surface area contributed by atoms with Crippen LogP contribution < -0.4 is 5.32 Å². The number of carbonyl (C=O) groups is 1. The summed E-state index contributed by atoms with van der Waals surface area (Å²) in [5, 5.41) is 2.87. The van der Waals surface area contributed by atoms with Crippen LogP contribution in [0.15, 0.2) is 29.2 Å². The minimum Gasteiger partial charge on any atom is -0.379 e. The molecule has 1 saturated carbocycles. The van der Waals surface area contributed by atoms with Crippen LogP contribution in [-0.4, -0.2) is 44.9 Å². The maximum Gasteiger partial charge on any atom is 0.243 e. The van der Waals surface area contributed by atoms with Gasteiger partial charge in [-0.3, -0.25) is 4.79 Å². The summed E-state index contributed by atoms with van der Waals surface area (Å²) in [5.74, 6) is 0.269. The van der Waals surface area contributed by atoms with Crippen LogP contribution in [0.5, 0.6) is 0 Å². The highest BCUT2D eigenvalue weighted by Crippen LogP contribution is 2.28. The van der Waals surface area contributed by atoms with Gasteiger partial charge in [-0.25, -0.2) is 8.42 Å². The molecule has 1 amide bonds. The van der Waals surface area contributed by atoms with Crippen LogP contribution >= 0.6 is 0 Å². The number of sulfonamides is 1. The minimum absolute atomic E-state index is 0.0880. The van der Waals surface area contributed by atoms with Crippen molar-refractivity contribution in [3.05, 3.63) is 29.8 Å². The minimum atomic E-state index is -3.45. The highest BCUT2D eigenvalue weighted by Gasteiger charge is 2.29. The third-order valence-corrected chi connectivity index (χ3v) is 5.86. The molecule has 6 nitrogen and oxygen atoms in total. The van der Waals surface area contributed by atoms with Crippen LogP contribution in [0, 0.1) is 5.92 Å². The molecule has 0 aromatic heterocycles. The van der Waals surface area contributed by atoms with Gasteiger partial charge >= 0.3 is 0 Å². The Morgan fingerprint density at radius 3 is 2.41 bits per heavy atom. The first kappa shape index (κ1) is 15.5. The van der Waals surface area contributed by atoms with Crippen LogP contribution in [0.1, 0.15) is 18.4 Å². The van der Waals surface area contributed by atoms with E-state index in [0.717, 1.165) is 18.4 Å². The van der Waals surface area contributed by atoms with Gasteiger partial charge in [0.15, 0.2) is 0 Å². The number of ether oxygens (including phenoxy) is 1. The molecule has 0 bridgehead atoms. The molecule has 0 spiro atoms. The number of carbonyl (C=O) groups excluding carboxylic acids is 1. The Hall–Kier alpha value is -1.44. The lowest BCUT2D eigenvalue weighted by molar-refractivity contribution is -0.122. The van der Waals surface area contributed by atoms with E-state index < -0.39 is 10.0 Å². The summed E-state index contributed by atoms with van der Waals surface area (Å²) in [6, 6.07) is 6.70. The van der Waals surface area contributed by atoms with E-state index in [0.29, 0.717) is 32.8 Å². The fourth-order valence-corrected chi connectivity index (χ4v) is 3.80. The molecule has 1 saturated heterocycles. The Morgan fingerprint density at radius 2 is 1.82 bits per heavy atom. The predicted molar refractivity (Wildman–Crippen MR) is 80.6 cm³/mol.